The third kappa shape index (κ3) is 4.15. The van der Waals surface area contributed by atoms with Gasteiger partial charge < -0.3 is 15.7 Å². The van der Waals surface area contributed by atoms with Gasteiger partial charge in [0.1, 0.15) is 5.82 Å². The summed E-state index contributed by atoms with van der Waals surface area (Å²) in [7, 11) is 0. The van der Waals surface area contributed by atoms with Crippen molar-refractivity contribution in [2.24, 2.45) is 0 Å². The minimum absolute atomic E-state index is 0.106. The van der Waals surface area contributed by atoms with Crippen LogP contribution in [0.4, 0.5) is 20.6 Å². The molecule has 0 saturated carbocycles. The van der Waals surface area contributed by atoms with Gasteiger partial charge in [-0.05, 0) is 65.1 Å². The minimum Gasteiger partial charge on any atom is -0.478 e. The van der Waals surface area contributed by atoms with E-state index in [0.29, 0.717) is 5.69 Å². The summed E-state index contributed by atoms with van der Waals surface area (Å²) in [4.78, 5) is 22.8. The van der Waals surface area contributed by atoms with Gasteiger partial charge in [0.2, 0.25) is 0 Å². The number of urea groups is 1. The van der Waals surface area contributed by atoms with E-state index in [-0.39, 0.29) is 11.3 Å². The lowest BCUT2D eigenvalue weighted by Crippen LogP contribution is -2.21. The number of rotatable bonds is 3. The van der Waals surface area contributed by atoms with Crippen LogP contribution in [0.1, 0.15) is 10.4 Å². The van der Waals surface area contributed by atoms with Crippen molar-refractivity contribution < 1.29 is 19.1 Å². The summed E-state index contributed by atoms with van der Waals surface area (Å²) in [5, 5.41) is 13.9. The summed E-state index contributed by atoms with van der Waals surface area (Å²) in [6, 6.07) is 9.43. The Morgan fingerprint density at radius 1 is 1.05 bits per heavy atom. The van der Waals surface area contributed by atoms with Crippen molar-refractivity contribution in [2.75, 3.05) is 10.6 Å². The maximum absolute atomic E-state index is 13.2. The average Bonchev–Trinajstić information content (AvgIpc) is 2.41. The Bertz CT molecular complexity index is 689. The van der Waals surface area contributed by atoms with Gasteiger partial charge in [0.15, 0.2) is 0 Å². The quantitative estimate of drug-likeness (QED) is 0.687. The van der Waals surface area contributed by atoms with Gasteiger partial charge in [0, 0.05) is 9.26 Å². The molecular weight excluding hydrogens is 390 g/mol. The van der Waals surface area contributed by atoms with Crippen molar-refractivity contribution in [3.63, 3.8) is 0 Å². The van der Waals surface area contributed by atoms with Gasteiger partial charge in [0.25, 0.3) is 0 Å². The fourth-order valence-electron chi connectivity index (χ4n) is 1.62. The second kappa shape index (κ2) is 6.53. The molecule has 0 heterocycles. The fraction of sp³-hybridized carbons (Fsp3) is 0. The van der Waals surface area contributed by atoms with E-state index in [0.717, 1.165) is 21.8 Å². The highest BCUT2D eigenvalue weighted by Gasteiger charge is 2.13. The van der Waals surface area contributed by atoms with Crippen LogP contribution < -0.4 is 10.6 Å². The second-order valence-electron chi connectivity index (χ2n) is 4.08. The molecule has 0 saturated heterocycles. The second-order valence-corrected chi connectivity index (χ2v) is 5.33. The number of carboxylic acid groups (broad SMARTS) is 1. The van der Waals surface area contributed by atoms with Gasteiger partial charge >= 0.3 is 12.0 Å². The molecule has 5 nitrogen and oxygen atoms in total. The predicted octanol–water partition coefficient (Wildman–Crippen LogP) is 3.77. The zero-order chi connectivity index (χ0) is 15.4. The summed E-state index contributed by atoms with van der Waals surface area (Å²) in [5.41, 5.74) is 0.251. The highest BCUT2D eigenvalue weighted by molar-refractivity contribution is 14.1. The smallest absolute Gasteiger partial charge is 0.337 e. The number of benzene rings is 2. The standard InChI is InChI=1S/C14H10FIN2O3/c15-8-1-6-11(13(19)20)12(7-8)18-14(21)17-10-4-2-9(16)3-5-10/h1-7H,(H,19,20)(H2,17,18,21). The Labute approximate surface area is 133 Å². The molecule has 0 aromatic heterocycles. The van der Waals surface area contributed by atoms with Crippen LogP contribution in [0.15, 0.2) is 42.5 Å². The first kappa shape index (κ1) is 15.2. The minimum atomic E-state index is -1.25. The Morgan fingerprint density at radius 3 is 2.33 bits per heavy atom. The number of halogens is 2. The number of nitrogens with one attached hydrogen (secondary N) is 2. The molecule has 7 heteroatoms. The topological polar surface area (TPSA) is 78.4 Å². The molecule has 2 amide bonds. The molecule has 0 aliphatic carbocycles. The maximum Gasteiger partial charge on any atom is 0.337 e. The molecule has 108 valence electrons. The third-order valence-corrected chi connectivity index (χ3v) is 3.28. The molecule has 0 fully saturated rings. The van der Waals surface area contributed by atoms with E-state index in [2.05, 4.69) is 33.2 Å². The molecule has 21 heavy (non-hydrogen) atoms. The van der Waals surface area contributed by atoms with Crippen molar-refractivity contribution in [3.05, 3.63) is 57.4 Å². The number of hydrogen-bond acceptors (Lipinski definition) is 2. The highest BCUT2D eigenvalue weighted by Crippen LogP contribution is 2.18. The predicted molar refractivity (Wildman–Crippen MR) is 85.2 cm³/mol. The number of carbonyl (C=O) groups excluding carboxylic acids is 1. The first-order valence-corrected chi connectivity index (χ1v) is 6.90. The van der Waals surface area contributed by atoms with Crippen molar-refractivity contribution in [2.45, 2.75) is 0 Å². The molecule has 2 aromatic carbocycles. The Hall–Kier alpha value is -2.16. The monoisotopic (exact) mass is 400 g/mol. The van der Waals surface area contributed by atoms with Gasteiger partial charge in [-0.2, -0.15) is 0 Å². The molecule has 0 aliphatic heterocycles. The molecule has 3 N–H and O–H groups in total. The Balaban J connectivity index is 2.14. The van der Waals surface area contributed by atoms with Crippen molar-refractivity contribution in [1.29, 1.82) is 0 Å². The molecule has 0 bridgehead atoms. The highest BCUT2D eigenvalue weighted by atomic mass is 127. The number of hydrogen-bond donors (Lipinski definition) is 3. The number of aromatic carboxylic acids is 1. The van der Waals surface area contributed by atoms with E-state index in [1.165, 1.54) is 0 Å². The zero-order valence-electron chi connectivity index (χ0n) is 10.6. The van der Waals surface area contributed by atoms with Crippen LogP contribution >= 0.6 is 22.6 Å². The van der Waals surface area contributed by atoms with E-state index in [9.17, 15) is 14.0 Å². The van der Waals surface area contributed by atoms with Crippen LogP contribution in [0.3, 0.4) is 0 Å². The van der Waals surface area contributed by atoms with Crippen LogP contribution in [0, 0.1) is 9.39 Å². The first-order valence-electron chi connectivity index (χ1n) is 5.82. The third-order valence-electron chi connectivity index (χ3n) is 2.56. The van der Waals surface area contributed by atoms with E-state index < -0.39 is 17.8 Å². The van der Waals surface area contributed by atoms with Crippen LogP contribution in [0.2, 0.25) is 0 Å². The van der Waals surface area contributed by atoms with Crippen LogP contribution in [-0.2, 0) is 0 Å². The molecule has 2 aromatic rings. The zero-order valence-corrected chi connectivity index (χ0v) is 12.7. The number of carboxylic acids is 1. The summed E-state index contributed by atoms with van der Waals surface area (Å²) in [6.45, 7) is 0. The van der Waals surface area contributed by atoms with Crippen LogP contribution in [-0.4, -0.2) is 17.1 Å². The Morgan fingerprint density at radius 2 is 1.71 bits per heavy atom. The summed E-state index contributed by atoms with van der Waals surface area (Å²) < 4.78 is 14.2. The van der Waals surface area contributed by atoms with Gasteiger partial charge in [-0.15, -0.1) is 0 Å². The lowest BCUT2D eigenvalue weighted by molar-refractivity contribution is 0.0698. The lowest BCUT2D eigenvalue weighted by atomic mass is 10.2. The largest absolute Gasteiger partial charge is 0.478 e. The average molecular weight is 400 g/mol. The summed E-state index contributed by atoms with van der Waals surface area (Å²) in [6.07, 6.45) is 0. The molecule has 2 rings (SSSR count). The first-order chi connectivity index (χ1) is 9.95. The molecule has 0 atom stereocenters. The molecular formula is C14H10FIN2O3. The Kier molecular flexibility index (Phi) is 4.73. The lowest BCUT2D eigenvalue weighted by Gasteiger charge is -2.10. The van der Waals surface area contributed by atoms with Crippen LogP contribution in [0.5, 0.6) is 0 Å². The SMILES string of the molecule is O=C(Nc1ccc(I)cc1)Nc1cc(F)ccc1C(=O)O. The van der Waals surface area contributed by atoms with Crippen molar-refractivity contribution in [1.82, 2.24) is 0 Å². The summed E-state index contributed by atoms with van der Waals surface area (Å²) >= 11 is 2.13. The summed E-state index contributed by atoms with van der Waals surface area (Å²) in [5.74, 6) is -1.89. The normalized spacial score (nSPS) is 10.0. The van der Waals surface area contributed by atoms with Gasteiger partial charge in [-0.3, -0.25) is 0 Å². The van der Waals surface area contributed by atoms with E-state index in [1.807, 2.05) is 0 Å². The molecule has 0 aliphatic rings. The van der Waals surface area contributed by atoms with E-state index in [1.54, 1.807) is 24.3 Å². The number of carbonyl (C=O) groups is 2. The molecule has 0 radical (unpaired) electrons. The van der Waals surface area contributed by atoms with Gasteiger partial charge in [-0.25, -0.2) is 14.0 Å². The fourth-order valence-corrected chi connectivity index (χ4v) is 1.98. The van der Waals surface area contributed by atoms with Crippen molar-refractivity contribution >= 4 is 46.0 Å². The maximum atomic E-state index is 13.2. The van der Waals surface area contributed by atoms with Crippen LogP contribution in [0.25, 0.3) is 0 Å². The van der Waals surface area contributed by atoms with Gasteiger partial charge in [-0.1, -0.05) is 0 Å². The van der Waals surface area contributed by atoms with Crippen molar-refractivity contribution in [3.8, 4) is 0 Å². The number of amides is 2. The van der Waals surface area contributed by atoms with Gasteiger partial charge in [0.05, 0.1) is 11.3 Å². The van der Waals surface area contributed by atoms with E-state index in [4.69, 9.17) is 5.11 Å². The molecule has 0 spiro atoms. The number of anilines is 2. The van der Waals surface area contributed by atoms with E-state index >= 15 is 0 Å². The molecule has 0 unspecified atom stereocenters.